The van der Waals surface area contributed by atoms with Gasteiger partial charge in [-0.05, 0) is 11.1 Å². The molecule has 0 saturated heterocycles. The number of benzene rings is 1. The molecule has 1 aromatic carbocycles. The van der Waals surface area contributed by atoms with Crippen LogP contribution in [-0.4, -0.2) is 17.2 Å². The highest BCUT2D eigenvalue weighted by atomic mass is 32.1. The fraction of sp³-hybridized carbons (Fsp3) is 0.308. The number of ether oxygens (including phenoxy) is 1. The molecule has 17 heavy (non-hydrogen) atoms. The zero-order valence-electron chi connectivity index (χ0n) is 9.67. The first-order chi connectivity index (χ1) is 8.31. The van der Waals surface area contributed by atoms with Crippen LogP contribution in [0.1, 0.15) is 22.1 Å². The SMILES string of the molecule is COCc1ccccc1C(O)Cc1cncs1. The Labute approximate surface area is 105 Å². The van der Waals surface area contributed by atoms with Gasteiger partial charge >= 0.3 is 0 Å². The highest BCUT2D eigenvalue weighted by Gasteiger charge is 2.13. The maximum absolute atomic E-state index is 10.2. The van der Waals surface area contributed by atoms with Gasteiger partial charge in [0, 0.05) is 24.6 Å². The predicted molar refractivity (Wildman–Crippen MR) is 67.9 cm³/mol. The van der Waals surface area contributed by atoms with Crippen molar-refractivity contribution in [2.75, 3.05) is 7.11 Å². The van der Waals surface area contributed by atoms with Crippen LogP contribution in [0.2, 0.25) is 0 Å². The van der Waals surface area contributed by atoms with Gasteiger partial charge in [-0.1, -0.05) is 24.3 Å². The molecule has 0 bridgehead atoms. The maximum Gasteiger partial charge on any atom is 0.0842 e. The summed E-state index contributed by atoms with van der Waals surface area (Å²) < 4.78 is 5.13. The summed E-state index contributed by atoms with van der Waals surface area (Å²) in [6.07, 6.45) is 1.90. The smallest absolute Gasteiger partial charge is 0.0842 e. The summed E-state index contributed by atoms with van der Waals surface area (Å²) in [5.74, 6) is 0. The third-order valence-electron chi connectivity index (χ3n) is 2.59. The summed E-state index contributed by atoms with van der Waals surface area (Å²) in [5.41, 5.74) is 3.75. The summed E-state index contributed by atoms with van der Waals surface area (Å²) in [6, 6.07) is 7.82. The Hall–Kier alpha value is -1.23. The van der Waals surface area contributed by atoms with Gasteiger partial charge in [-0.3, -0.25) is 4.98 Å². The molecule has 0 fully saturated rings. The molecule has 1 atom stereocenters. The van der Waals surface area contributed by atoms with E-state index in [4.69, 9.17) is 4.74 Å². The molecule has 2 rings (SSSR count). The van der Waals surface area contributed by atoms with E-state index in [-0.39, 0.29) is 0 Å². The van der Waals surface area contributed by atoms with Crippen molar-refractivity contribution in [3.05, 3.63) is 52.0 Å². The standard InChI is InChI=1S/C13H15NO2S/c1-16-8-10-4-2-3-5-12(10)13(15)6-11-7-14-9-17-11/h2-5,7,9,13,15H,6,8H2,1H3. The highest BCUT2D eigenvalue weighted by molar-refractivity contribution is 7.09. The van der Waals surface area contributed by atoms with E-state index >= 15 is 0 Å². The number of rotatable bonds is 5. The van der Waals surface area contributed by atoms with Crippen molar-refractivity contribution >= 4 is 11.3 Å². The van der Waals surface area contributed by atoms with Crippen molar-refractivity contribution in [2.24, 2.45) is 0 Å². The molecule has 0 saturated carbocycles. The lowest BCUT2D eigenvalue weighted by Gasteiger charge is -2.14. The van der Waals surface area contributed by atoms with Crippen molar-refractivity contribution in [2.45, 2.75) is 19.1 Å². The predicted octanol–water partition coefficient (Wildman–Crippen LogP) is 2.57. The number of aliphatic hydroxyl groups excluding tert-OH is 1. The molecule has 1 unspecified atom stereocenters. The third kappa shape index (κ3) is 3.12. The molecule has 0 aliphatic heterocycles. The first-order valence-electron chi connectivity index (χ1n) is 5.43. The molecule has 1 aromatic heterocycles. The van der Waals surface area contributed by atoms with Gasteiger partial charge in [0.05, 0.1) is 18.2 Å². The summed E-state index contributed by atoms with van der Waals surface area (Å²) >= 11 is 1.56. The van der Waals surface area contributed by atoms with Crippen LogP contribution >= 0.6 is 11.3 Å². The van der Waals surface area contributed by atoms with Crippen molar-refractivity contribution in [1.82, 2.24) is 4.98 Å². The van der Waals surface area contributed by atoms with Gasteiger partial charge in [-0.15, -0.1) is 11.3 Å². The number of hydrogen-bond donors (Lipinski definition) is 1. The molecule has 0 aliphatic carbocycles. The van der Waals surface area contributed by atoms with Gasteiger partial charge in [0.2, 0.25) is 0 Å². The monoisotopic (exact) mass is 249 g/mol. The second-order valence-electron chi connectivity index (χ2n) is 3.82. The van der Waals surface area contributed by atoms with Gasteiger partial charge in [0.1, 0.15) is 0 Å². The summed E-state index contributed by atoms with van der Waals surface area (Å²) in [4.78, 5) is 5.10. The molecule has 2 aromatic rings. The maximum atomic E-state index is 10.2. The Bertz CT molecular complexity index is 456. The van der Waals surface area contributed by atoms with Crippen molar-refractivity contribution in [3.63, 3.8) is 0 Å². The molecule has 0 aliphatic rings. The van der Waals surface area contributed by atoms with E-state index in [1.165, 1.54) is 0 Å². The highest BCUT2D eigenvalue weighted by Crippen LogP contribution is 2.23. The van der Waals surface area contributed by atoms with Crippen molar-refractivity contribution in [1.29, 1.82) is 0 Å². The Balaban J connectivity index is 2.15. The average Bonchev–Trinajstić information content (AvgIpc) is 2.83. The van der Waals surface area contributed by atoms with Crippen LogP contribution in [-0.2, 0) is 17.8 Å². The minimum atomic E-state index is -0.498. The molecule has 1 heterocycles. The van der Waals surface area contributed by atoms with E-state index < -0.39 is 6.10 Å². The number of aromatic nitrogens is 1. The molecule has 0 spiro atoms. The number of aliphatic hydroxyl groups is 1. The molecule has 1 N–H and O–H groups in total. The zero-order chi connectivity index (χ0) is 12.1. The molecule has 4 heteroatoms. The third-order valence-corrected chi connectivity index (χ3v) is 3.39. The van der Waals surface area contributed by atoms with E-state index in [1.807, 2.05) is 24.3 Å². The molecule has 0 amide bonds. The Morgan fingerprint density at radius 3 is 2.94 bits per heavy atom. The number of nitrogens with zero attached hydrogens (tertiary/aromatic N) is 1. The summed E-state index contributed by atoms with van der Waals surface area (Å²) in [6.45, 7) is 0.524. The van der Waals surface area contributed by atoms with Crippen LogP contribution in [0.15, 0.2) is 36.0 Å². The lowest BCUT2D eigenvalue weighted by molar-refractivity contribution is 0.162. The minimum Gasteiger partial charge on any atom is -0.388 e. The lowest BCUT2D eigenvalue weighted by Crippen LogP contribution is -2.05. The fourth-order valence-electron chi connectivity index (χ4n) is 1.79. The van der Waals surface area contributed by atoms with E-state index in [2.05, 4.69) is 4.98 Å². The average molecular weight is 249 g/mol. The molecular formula is C13H15NO2S. The fourth-order valence-corrected chi connectivity index (χ4v) is 2.42. The summed E-state index contributed by atoms with van der Waals surface area (Å²) in [5, 5.41) is 10.2. The first kappa shape index (κ1) is 12.2. The molecule has 90 valence electrons. The van der Waals surface area contributed by atoms with Gasteiger partial charge in [0.25, 0.3) is 0 Å². The molecule has 0 radical (unpaired) electrons. The second-order valence-corrected chi connectivity index (χ2v) is 4.79. The van der Waals surface area contributed by atoms with Crippen LogP contribution in [0, 0.1) is 0 Å². The van der Waals surface area contributed by atoms with Crippen LogP contribution in [0.3, 0.4) is 0 Å². The van der Waals surface area contributed by atoms with Crippen LogP contribution in [0.25, 0.3) is 0 Å². The second kappa shape index (κ2) is 5.91. The van der Waals surface area contributed by atoms with Gasteiger partial charge < -0.3 is 9.84 Å². The van der Waals surface area contributed by atoms with Gasteiger partial charge in [0.15, 0.2) is 0 Å². The zero-order valence-corrected chi connectivity index (χ0v) is 10.5. The normalized spacial score (nSPS) is 12.6. The quantitative estimate of drug-likeness (QED) is 0.885. The van der Waals surface area contributed by atoms with E-state index in [0.717, 1.165) is 16.0 Å². The first-order valence-corrected chi connectivity index (χ1v) is 6.31. The van der Waals surface area contributed by atoms with Gasteiger partial charge in [-0.2, -0.15) is 0 Å². The number of thiazole rings is 1. The van der Waals surface area contributed by atoms with E-state index in [1.54, 1.807) is 30.2 Å². The minimum absolute atomic E-state index is 0.498. The van der Waals surface area contributed by atoms with Crippen LogP contribution in [0.4, 0.5) is 0 Å². The Kier molecular flexibility index (Phi) is 4.25. The Morgan fingerprint density at radius 1 is 1.41 bits per heavy atom. The topological polar surface area (TPSA) is 42.4 Å². The molecule has 3 nitrogen and oxygen atoms in total. The van der Waals surface area contributed by atoms with Crippen molar-refractivity contribution < 1.29 is 9.84 Å². The number of methoxy groups -OCH3 is 1. The largest absolute Gasteiger partial charge is 0.388 e. The van der Waals surface area contributed by atoms with Crippen molar-refractivity contribution in [3.8, 4) is 0 Å². The Morgan fingerprint density at radius 2 is 2.24 bits per heavy atom. The van der Waals surface area contributed by atoms with Crippen LogP contribution in [0.5, 0.6) is 0 Å². The van der Waals surface area contributed by atoms with Gasteiger partial charge in [-0.25, -0.2) is 0 Å². The number of hydrogen-bond acceptors (Lipinski definition) is 4. The molecular weight excluding hydrogens is 234 g/mol. The summed E-state index contributed by atoms with van der Waals surface area (Å²) in [7, 11) is 1.66. The van der Waals surface area contributed by atoms with E-state index in [9.17, 15) is 5.11 Å². The lowest BCUT2D eigenvalue weighted by atomic mass is 10.0. The van der Waals surface area contributed by atoms with Crippen LogP contribution < -0.4 is 0 Å². The van der Waals surface area contributed by atoms with E-state index in [0.29, 0.717) is 13.0 Å².